The maximum atomic E-state index is 12.6. The number of hydrogen-bond acceptors (Lipinski definition) is 2. The molecule has 3 aromatic rings. The molecule has 0 saturated heterocycles. The standard InChI is InChI=1S/C22H24ClNO2/c1-12(2)17-10-18-16(11-26-20(18)8-14(17)4)9-21(25)24-22-15(5)6-13(3)7-19(22)23/h6-8,10-12H,9H2,1-5H3,(H,24,25). The molecule has 0 atom stereocenters. The van der Waals surface area contributed by atoms with Gasteiger partial charge in [0.25, 0.3) is 0 Å². The van der Waals surface area contributed by atoms with Gasteiger partial charge in [0.15, 0.2) is 0 Å². The smallest absolute Gasteiger partial charge is 0.228 e. The Hall–Kier alpha value is -2.26. The van der Waals surface area contributed by atoms with E-state index in [-0.39, 0.29) is 12.3 Å². The lowest BCUT2D eigenvalue weighted by molar-refractivity contribution is -0.115. The monoisotopic (exact) mass is 369 g/mol. The second-order valence-corrected chi connectivity index (χ2v) is 7.69. The van der Waals surface area contributed by atoms with Crippen LogP contribution in [0.25, 0.3) is 11.0 Å². The summed E-state index contributed by atoms with van der Waals surface area (Å²) in [5, 5.41) is 4.51. The number of rotatable bonds is 4. The maximum Gasteiger partial charge on any atom is 0.228 e. The van der Waals surface area contributed by atoms with Crippen molar-refractivity contribution in [1.82, 2.24) is 0 Å². The molecular weight excluding hydrogens is 346 g/mol. The highest BCUT2D eigenvalue weighted by Crippen LogP contribution is 2.30. The molecule has 4 heteroatoms. The molecule has 2 aromatic carbocycles. The lowest BCUT2D eigenvalue weighted by atomic mass is 9.95. The summed E-state index contributed by atoms with van der Waals surface area (Å²) < 4.78 is 5.67. The molecule has 136 valence electrons. The van der Waals surface area contributed by atoms with Crippen LogP contribution in [0.3, 0.4) is 0 Å². The van der Waals surface area contributed by atoms with Crippen LogP contribution in [0.2, 0.25) is 5.02 Å². The fraction of sp³-hybridized carbons (Fsp3) is 0.318. The molecule has 0 aliphatic carbocycles. The van der Waals surface area contributed by atoms with Crippen LogP contribution in [0.15, 0.2) is 34.9 Å². The van der Waals surface area contributed by atoms with Crippen LogP contribution in [-0.4, -0.2) is 5.91 Å². The third-order valence-electron chi connectivity index (χ3n) is 4.71. The molecule has 3 rings (SSSR count). The Morgan fingerprint density at radius 2 is 1.85 bits per heavy atom. The summed E-state index contributed by atoms with van der Waals surface area (Å²) in [6.45, 7) is 10.4. The zero-order valence-corrected chi connectivity index (χ0v) is 16.6. The van der Waals surface area contributed by atoms with Crippen molar-refractivity contribution < 1.29 is 9.21 Å². The molecule has 1 N–H and O–H groups in total. The minimum absolute atomic E-state index is 0.103. The lowest BCUT2D eigenvalue weighted by Crippen LogP contribution is -2.15. The summed E-state index contributed by atoms with van der Waals surface area (Å²) in [6.07, 6.45) is 1.93. The zero-order chi connectivity index (χ0) is 19.0. The maximum absolute atomic E-state index is 12.6. The normalized spacial score (nSPS) is 11.3. The average Bonchev–Trinajstić information content (AvgIpc) is 2.91. The first-order valence-electron chi connectivity index (χ1n) is 8.83. The number of carbonyl (C=O) groups excluding carboxylic acids is 1. The van der Waals surface area contributed by atoms with Crippen LogP contribution in [0.5, 0.6) is 0 Å². The number of anilines is 1. The van der Waals surface area contributed by atoms with Crippen molar-refractivity contribution in [2.24, 2.45) is 0 Å². The first kappa shape index (κ1) is 18.5. The van der Waals surface area contributed by atoms with Gasteiger partial charge in [-0.2, -0.15) is 0 Å². The SMILES string of the molecule is Cc1cc(C)c(NC(=O)Cc2coc3cc(C)c(C(C)C)cc23)c(Cl)c1. The van der Waals surface area contributed by atoms with Crippen LogP contribution in [-0.2, 0) is 11.2 Å². The molecule has 0 radical (unpaired) electrons. The summed E-state index contributed by atoms with van der Waals surface area (Å²) in [7, 11) is 0. The van der Waals surface area contributed by atoms with Gasteiger partial charge in [-0.3, -0.25) is 4.79 Å². The van der Waals surface area contributed by atoms with E-state index in [0.29, 0.717) is 16.6 Å². The van der Waals surface area contributed by atoms with E-state index in [1.807, 2.05) is 32.0 Å². The van der Waals surface area contributed by atoms with Gasteiger partial charge in [0.1, 0.15) is 5.58 Å². The molecule has 1 amide bonds. The van der Waals surface area contributed by atoms with E-state index in [2.05, 4.69) is 32.2 Å². The van der Waals surface area contributed by atoms with Gasteiger partial charge in [-0.1, -0.05) is 31.5 Å². The second kappa shape index (κ2) is 7.16. The van der Waals surface area contributed by atoms with Crippen LogP contribution in [0, 0.1) is 20.8 Å². The van der Waals surface area contributed by atoms with E-state index in [0.717, 1.165) is 27.7 Å². The summed E-state index contributed by atoms with van der Waals surface area (Å²) in [5.74, 6) is 0.318. The van der Waals surface area contributed by atoms with Crippen LogP contribution < -0.4 is 5.32 Å². The summed E-state index contributed by atoms with van der Waals surface area (Å²) in [4.78, 5) is 12.6. The van der Waals surface area contributed by atoms with Crippen LogP contribution in [0.4, 0.5) is 5.69 Å². The second-order valence-electron chi connectivity index (χ2n) is 7.28. The molecule has 0 fully saturated rings. The van der Waals surface area contributed by atoms with E-state index in [9.17, 15) is 4.79 Å². The number of benzene rings is 2. The molecule has 3 nitrogen and oxygen atoms in total. The Bertz CT molecular complexity index is 962. The van der Waals surface area contributed by atoms with Crippen molar-refractivity contribution in [2.75, 3.05) is 5.32 Å². The van der Waals surface area contributed by atoms with Gasteiger partial charge in [-0.15, -0.1) is 0 Å². The highest BCUT2D eigenvalue weighted by Gasteiger charge is 2.15. The molecule has 0 bridgehead atoms. The van der Waals surface area contributed by atoms with E-state index in [4.69, 9.17) is 16.0 Å². The summed E-state index contributed by atoms with van der Waals surface area (Å²) in [5.41, 5.74) is 6.90. The number of halogens is 1. The first-order valence-corrected chi connectivity index (χ1v) is 9.21. The highest BCUT2D eigenvalue weighted by molar-refractivity contribution is 6.34. The number of furan rings is 1. The number of aryl methyl sites for hydroxylation is 3. The van der Waals surface area contributed by atoms with Gasteiger partial charge in [0, 0.05) is 10.9 Å². The minimum Gasteiger partial charge on any atom is -0.464 e. The van der Waals surface area contributed by atoms with Crippen molar-refractivity contribution in [3.05, 3.63) is 63.4 Å². The van der Waals surface area contributed by atoms with Gasteiger partial charge in [0.2, 0.25) is 5.91 Å². The summed E-state index contributed by atoms with van der Waals surface area (Å²) in [6, 6.07) is 8.06. The van der Waals surface area contributed by atoms with Gasteiger partial charge < -0.3 is 9.73 Å². The molecular formula is C22H24ClNO2. The van der Waals surface area contributed by atoms with Crippen molar-refractivity contribution >= 4 is 34.2 Å². The van der Waals surface area contributed by atoms with Crippen LogP contribution in [0.1, 0.15) is 47.6 Å². The van der Waals surface area contributed by atoms with Gasteiger partial charge in [-0.25, -0.2) is 0 Å². The third-order valence-corrected chi connectivity index (χ3v) is 5.01. The zero-order valence-electron chi connectivity index (χ0n) is 15.9. The Kier molecular flexibility index (Phi) is 5.10. The van der Waals surface area contributed by atoms with E-state index in [1.165, 1.54) is 11.1 Å². The van der Waals surface area contributed by atoms with Gasteiger partial charge in [-0.05, 0) is 67.1 Å². The first-order chi connectivity index (χ1) is 12.3. The molecule has 1 aromatic heterocycles. The number of carbonyl (C=O) groups is 1. The van der Waals surface area contributed by atoms with Gasteiger partial charge >= 0.3 is 0 Å². The fourth-order valence-corrected chi connectivity index (χ4v) is 3.80. The van der Waals surface area contributed by atoms with Crippen LogP contribution >= 0.6 is 11.6 Å². The largest absolute Gasteiger partial charge is 0.464 e. The molecule has 0 aliphatic heterocycles. The third kappa shape index (κ3) is 3.63. The van der Waals surface area contributed by atoms with E-state index in [1.54, 1.807) is 6.26 Å². The van der Waals surface area contributed by atoms with Crippen molar-refractivity contribution in [1.29, 1.82) is 0 Å². The number of fused-ring (bicyclic) bond motifs is 1. The highest BCUT2D eigenvalue weighted by atomic mass is 35.5. The number of nitrogens with one attached hydrogen (secondary N) is 1. The summed E-state index contributed by atoms with van der Waals surface area (Å²) >= 11 is 6.30. The predicted octanol–water partition coefficient (Wildman–Crippen LogP) is 6.32. The Morgan fingerprint density at radius 3 is 2.50 bits per heavy atom. The van der Waals surface area contributed by atoms with Crippen molar-refractivity contribution in [3.8, 4) is 0 Å². The van der Waals surface area contributed by atoms with Gasteiger partial charge in [0.05, 0.1) is 23.4 Å². The predicted molar refractivity (Wildman–Crippen MR) is 108 cm³/mol. The van der Waals surface area contributed by atoms with Crippen molar-refractivity contribution in [3.63, 3.8) is 0 Å². The van der Waals surface area contributed by atoms with Crippen molar-refractivity contribution in [2.45, 2.75) is 47.0 Å². The Morgan fingerprint density at radius 1 is 1.12 bits per heavy atom. The molecule has 0 spiro atoms. The lowest BCUT2D eigenvalue weighted by Gasteiger charge is -2.12. The Labute approximate surface area is 159 Å². The topological polar surface area (TPSA) is 42.2 Å². The number of amides is 1. The quantitative estimate of drug-likeness (QED) is 0.585. The Balaban J connectivity index is 1.87. The molecule has 0 saturated carbocycles. The average molecular weight is 370 g/mol. The van der Waals surface area contributed by atoms with E-state index < -0.39 is 0 Å². The fourth-order valence-electron chi connectivity index (χ4n) is 3.43. The molecule has 1 heterocycles. The molecule has 0 unspecified atom stereocenters. The minimum atomic E-state index is -0.103. The van der Waals surface area contributed by atoms with E-state index >= 15 is 0 Å². The molecule has 26 heavy (non-hydrogen) atoms. The molecule has 0 aliphatic rings. The number of hydrogen-bond donors (Lipinski definition) is 1.